The first-order valence-electron chi connectivity index (χ1n) is 8.20. The molecule has 0 fully saturated rings. The van der Waals surface area contributed by atoms with Gasteiger partial charge in [0.15, 0.2) is 0 Å². The normalized spacial score (nSPS) is 13.6. The second-order valence-electron chi connectivity index (χ2n) is 6.38. The Balaban J connectivity index is 3.08. The van der Waals surface area contributed by atoms with E-state index in [-0.39, 0.29) is 19.3 Å². The van der Waals surface area contributed by atoms with Crippen LogP contribution in [0.1, 0.15) is 53.1 Å². The molecular formula is C18H28NO4P. The summed E-state index contributed by atoms with van der Waals surface area (Å²) in [4.78, 5) is 14.5. The summed E-state index contributed by atoms with van der Waals surface area (Å²) in [7, 11) is -3.67. The van der Waals surface area contributed by atoms with Gasteiger partial charge in [-0.15, -0.1) is 0 Å². The van der Waals surface area contributed by atoms with Crippen molar-refractivity contribution in [3.8, 4) is 0 Å². The van der Waals surface area contributed by atoms with Crippen molar-refractivity contribution in [2.75, 3.05) is 13.2 Å². The summed E-state index contributed by atoms with van der Waals surface area (Å²) >= 11 is 0. The molecule has 5 nitrogen and oxygen atoms in total. The van der Waals surface area contributed by atoms with Crippen LogP contribution < -0.4 is 0 Å². The van der Waals surface area contributed by atoms with Crippen LogP contribution in [0, 0.1) is 6.16 Å². The molecule has 1 unspecified atom stereocenters. The zero-order chi connectivity index (χ0) is 18.4. The van der Waals surface area contributed by atoms with E-state index in [1.54, 1.807) is 18.7 Å². The van der Waals surface area contributed by atoms with E-state index in [2.05, 4.69) is 6.16 Å². The summed E-state index contributed by atoms with van der Waals surface area (Å²) in [6.07, 6.45) is 2.45. The summed E-state index contributed by atoms with van der Waals surface area (Å²) in [5, 5.41) is 0. The first-order valence-corrected chi connectivity index (χ1v) is 9.74. The van der Waals surface area contributed by atoms with Crippen molar-refractivity contribution in [1.29, 1.82) is 0 Å². The highest BCUT2D eigenvalue weighted by Gasteiger charge is 2.38. The lowest BCUT2D eigenvalue weighted by molar-refractivity contribution is -0.134. The summed E-state index contributed by atoms with van der Waals surface area (Å²) in [6, 6.07) is 9.49. The van der Waals surface area contributed by atoms with Crippen LogP contribution in [0.4, 0.5) is 0 Å². The Bertz CT molecular complexity index is 558. The fourth-order valence-corrected chi connectivity index (χ4v) is 3.78. The van der Waals surface area contributed by atoms with Crippen molar-refractivity contribution >= 4 is 13.5 Å². The number of hydrogen-bond donors (Lipinski definition) is 0. The van der Waals surface area contributed by atoms with Crippen molar-refractivity contribution in [2.24, 2.45) is 0 Å². The quantitative estimate of drug-likeness (QED) is 0.637. The third-order valence-corrected chi connectivity index (χ3v) is 5.10. The van der Waals surface area contributed by atoms with Gasteiger partial charge in [-0.25, -0.2) is 0 Å². The van der Waals surface area contributed by atoms with E-state index in [0.29, 0.717) is 0 Å². The zero-order valence-electron chi connectivity index (χ0n) is 15.4. The van der Waals surface area contributed by atoms with Gasteiger partial charge in [0.05, 0.1) is 19.3 Å². The van der Waals surface area contributed by atoms with E-state index in [9.17, 15) is 9.36 Å². The molecule has 6 heteroatoms. The molecule has 1 aromatic rings. The molecule has 24 heavy (non-hydrogen) atoms. The molecule has 0 aliphatic carbocycles. The topological polar surface area (TPSA) is 55.8 Å². The van der Waals surface area contributed by atoms with E-state index in [1.165, 1.54) is 0 Å². The third-order valence-electron chi connectivity index (χ3n) is 3.44. The molecule has 1 amide bonds. The smallest absolute Gasteiger partial charge is 0.330 e. The molecule has 0 aliphatic rings. The van der Waals surface area contributed by atoms with Gasteiger partial charge in [-0.05, 0) is 47.1 Å². The van der Waals surface area contributed by atoms with E-state index in [4.69, 9.17) is 9.05 Å². The van der Waals surface area contributed by atoms with Gasteiger partial charge in [0.25, 0.3) is 0 Å². The molecule has 1 rings (SSSR count). The van der Waals surface area contributed by atoms with Crippen molar-refractivity contribution < 1.29 is 18.4 Å². The highest BCUT2D eigenvalue weighted by Crippen LogP contribution is 2.52. The maximum atomic E-state index is 12.9. The Kier molecular flexibility index (Phi) is 7.65. The minimum atomic E-state index is -3.67. The summed E-state index contributed by atoms with van der Waals surface area (Å²) in [6.45, 7) is 11.5. The summed E-state index contributed by atoms with van der Waals surface area (Å²) < 4.78 is 22.9. The van der Waals surface area contributed by atoms with Gasteiger partial charge in [0, 0.05) is 5.54 Å². The highest BCUT2D eigenvalue weighted by atomic mass is 31.2. The van der Waals surface area contributed by atoms with E-state index < -0.39 is 19.0 Å². The van der Waals surface area contributed by atoms with Crippen molar-refractivity contribution in [2.45, 2.75) is 53.1 Å². The largest absolute Gasteiger partial charge is 0.349 e. The lowest BCUT2D eigenvalue weighted by Gasteiger charge is -2.40. The summed E-state index contributed by atoms with van der Waals surface area (Å²) in [5.41, 5.74) is 0.507. The lowest BCUT2D eigenvalue weighted by atomic mass is 9.99. The Morgan fingerprint density at radius 2 is 1.67 bits per heavy atom. The first-order chi connectivity index (χ1) is 11.1. The number of amides is 1. The molecular weight excluding hydrogens is 325 g/mol. The number of carbonyl (C=O) groups is 1. The minimum absolute atomic E-state index is 0.182. The van der Waals surface area contributed by atoms with Crippen molar-refractivity contribution in [3.63, 3.8) is 0 Å². The molecule has 1 aromatic carbocycles. The average Bonchev–Trinajstić information content (AvgIpc) is 2.46. The average molecular weight is 353 g/mol. The van der Waals surface area contributed by atoms with E-state index in [0.717, 1.165) is 5.56 Å². The van der Waals surface area contributed by atoms with Gasteiger partial charge < -0.3 is 13.9 Å². The Labute approximate surface area is 145 Å². The fraction of sp³-hybridized carbons (Fsp3) is 0.556. The standard InChI is InChI=1S/C18H28NO4P/c1-7-22-24(21,23-8-2)14-17(20)19(18(4,5)6)15(3)16-12-10-9-11-13-16/h9-13,15H,7-8H2,1-6H3. The maximum absolute atomic E-state index is 12.9. The molecule has 1 atom stereocenters. The number of hydrogen-bond acceptors (Lipinski definition) is 4. The molecule has 0 aromatic heterocycles. The SMILES string of the molecule is CCOP(=O)([C]C(=O)N(C(C)c1ccccc1)C(C)(C)C)OCC. The van der Waals surface area contributed by atoms with Gasteiger partial charge in [-0.2, -0.15) is 0 Å². The van der Waals surface area contributed by atoms with E-state index in [1.807, 2.05) is 58.0 Å². The molecule has 0 saturated carbocycles. The third kappa shape index (κ3) is 5.73. The van der Waals surface area contributed by atoms with Crippen LogP contribution in [-0.2, 0) is 18.4 Å². The molecule has 0 aliphatic heterocycles. The number of nitrogens with zero attached hydrogens (tertiary/aromatic N) is 1. The van der Waals surface area contributed by atoms with Gasteiger partial charge in [0.2, 0.25) is 12.1 Å². The Hall–Kier alpha value is -1.16. The monoisotopic (exact) mass is 353 g/mol. The lowest BCUT2D eigenvalue weighted by Crippen LogP contribution is -2.47. The fourth-order valence-electron chi connectivity index (χ4n) is 2.55. The molecule has 0 heterocycles. The Morgan fingerprint density at radius 3 is 2.08 bits per heavy atom. The number of benzene rings is 1. The molecule has 0 bridgehead atoms. The minimum Gasteiger partial charge on any atom is -0.330 e. The predicted octanol–water partition coefficient (Wildman–Crippen LogP) is 4.68. The summed E-state index contributed by atoms with van der Waals surface area (Å²) in [5.74, 6) is -0.482. The number of rotatable bonds is 8. The van der Waals surface area contributed by atoms with Gasteiger partial charge in [-0.3, -0.25) is 9.36 Å². The van der Waals surface area contributed by atoms with Gasteiger partial charge in [0.1, 0.15) is 0 Å². The Morgan fingerprint density at radius 1 is 1.17 bits per heavy atom. The molecule has 134 valence electrons. The molecule has 2 radical (unpaired) electrons. The van der Waals surface area contributed by atoms with Crippen LogP contribution >= 0.6 is 7.60 Å². The van der Waals surface area contributed by atoms with Crippen LogP contribution in [0.15, 0.2) is 30.3 Å². The van der Waals surface area contributed by atoms with Crippen LogP contribution in [0.2, 0.25) is 0 Å². The second kappa shape index (κ2) is 8.80. The second-order valence-corrected chi connectivity index (χ2v) is 8.11. The number of carbonyl (C=O) groups excluding carboxylic acids is 1. The van der Waals surface area contributed by atoms with E-state index >= 15 is 0 Å². The van der Waals surface area contributed by atoms with Crippen LogP contribution in [-0.4, -0.2) is 29.6 Å². The van der Waals surface area contributed by atoms with Crippen LogP contribution in [0.25, 0.3) is 0 Å². The highest BCUT2D eigenvalue weighted by molar-refractivity contribution is 7.57. The van der Waals surface area contributed by atoms with Gasteiger partial charge in [-0.1, -0.05) is 30.3 Å². The van der Waals surface area contributed by atoms with Crippen molar-refractivity contribution in [3.05, 3.63) is 42.1 Å². The van der Waals surface area contributed by atoms with Crippen molar-refractivity contribution in [1.82, 2.24) is 4.90 Å². The van der Waals surface area contributed by atoms with Crippen LogP contribution in [0.3, 0.4) is 0 Å². The zero-order valence-corrected chi connectivity index (χ0v) is 16.3. The van der Waals surface area contributed by atoms with Crippen LogP contribution in [0.5, 0.6) is 0 Å². The predicted molar refractivity (Wildman–Crippen MR) is 95.6 cm³/mol. The maximum Gasteiger partial charge on any atom is 0.349 e. The van der Waals surface area contributed by atoms with Gasteiger partial charge >= 0.3 is 7.60 Å². The first kappa shape index (κ1) is 20.9. The molecule has 0 N–H and O–H groups in total. The molecule has 0 spiro atoms. The molecule has 0 saturated heterocycles.